The first-order valence-corrected chi connectivity index (χ1v) is 7.55. The van der Waals surface area contributed by atoms with Gasteiger partial charge < -0.3 is 20.7 Å². The van der Waals surface area contributed by atoms with Crippen LogP contribution in [0, 0.1) is 0 Å². The molecule has 0 aromatic heterocycles. The molecule has 21 heavy (non-hydrogen) atoms. The van der Waals surface area contributed by atoms with Crippen LogP contribution < -0.4 is 16.0 Å². The molecule has 1 aliphatic rings. The monoisotopic (exact) mass is 291 g/mol. The summed E-state index contributed by atoms with van der Waals surface area (Å²) < 4.78 is 5.14. The van der Waals surface area contributed by atoms with Gasteiger partial charge in [-0.3, -0.25) is 4.79 Å². The average molecular weight is 291 g/mol. The number of nitrogens with two attached hydrogens (primary N) is 1. The van der Waals surface area contributed by atoms with Crippen molar-refractivity contribution in [2.75, 3.05) is 31.6 Å². The third-order valence-electron chi connectivity index (χ3n) is 3.99. The number of amides is 1. The predicted molar refractivity (Wildman–Crippen MR) is 84.3 cm³/mol. The topological polar surface area (TPSA) is 67.6 Å². The van der Waals surface area contributed by atoms with Crippen molar-refractivity contribution in [3.8, 4) is 0 Å². The molecule has 1 saturated heterocycles. The molecule has 5 heteroatoms. The fourth-order valence-corrected chi connectivity index (χ4v) is 2.68. The zero-order valence-electron chi connectivity index (χ0n) is 12.6. The number of carbonyl (C=O) groups excluding carboxylic acids is 1. The quantitative estimate of drug-likeness (QED) is 0.824. The van der Waals surface area contributed by atoms with Crippen LogP contribution in [0.15, 0.2) is 30.3 Å². The number of ether oxygens (including phenoxy) is 1. The minimum atomic E-state index is -0.186. The minimum Gasteiger partial charge on any atom is -0.380 e. The van der Waals surface area contributed by atoms with E-state index in [2.05, 4.69) is 34.5 Å². The molecule has 0 bridgehead atoms. The van der Waals surface area contributed by atoms with Gasteiger partial charge in [0.15, 0.2) is 0 Å². The fraction of sp³-hybridized carbons (Fsp3) is 0.562. The average Bonchev–Trinajstić information content (AvgIpc) is 2.54. The van der Waals surface area contributed by atoms with Gasteiger partial charge in [-0.05, 0) is 25.0 Å². The smallest absolute Gasteiger partial charge is 0.222 e. The van der Waals surface area contributed by atoms with Crippen LogP contribution in [0.3, 0.4) is 0 Å². The maximum Gasteiger partial charge on any atom is 0.222 e. The Hall–Kier alpha value is -1.59. The largest absolute Gasteiger partial charge is 0.380 e. The Labute approximate surface area is 126 Å². The van der Waals surface area contributed by atoms with Crippen LogP contribution in [0.1, 0.15) is 19.3 Å². The number of nitrogens with zero attached hydrogens (tertiary/aromatic N) is 1. The Morgan fingerprint density at radius 1 is 1.38 bits per heavy atom. The highest BCUT2D eigenvalue weighted by Gasteiger charge is 2.21. The summed E-state index contributed by atoms with van der Waals surface area (Å²) in [5.74, 6) is 0.0328. The van der Waals surface area contributed by atoms with E-state index < -0.39 is 0 Å². The van der Waals surface area contributed by atoms with Crippen LogP contribution in [-0.4, -0.2) is 44.8 Å². The van der Waals surface area contributed by atoms with Crippen LogP contribution in [0.4, 0.5) is 5.69 Å². The van der Waals surface area contributed by atoms with Gasteiger partial charge in [-0.15, -0.1) is 0 Å². The summed E-state index contributed by atoms with van der Waals surface area (Å²) >= 11 is 0. The highest BCUT2D eigenvalue weighted by molar-refractivity contribution is 5.76. The van der Waals surface area contributed by atoms with Gasteiger partial charge in [-0.25, -0.2) is 0 Å². The van der Waals surface area contributed by atoms with Gasteiger partial charge in [-0.1, -0.05) is 18.2 Å². The maximum absolute atomic E-state index is 11.9. The molecule has 0 spiro atoms. The molecule has 2 rings (SSSR count). The molecular weight excluding hydrogens is 266 g/mol. The summed E-state index contributed by atoms with van der Waals surface area (Å²) in [7, 11) is 1.59. The SMILES string of the molecule is COC(CN)CC(=O)NC1CCN(c2ccccc2)CC1. The number of para-hydroxylation sites is 1. The Kier molecular flexibility index (Phi) is 6.02. The second kappa shape index (κ2) is 8.00. The molecule has 5 nitrogen and oxygen atoms in total. The summed E-state index contributed by atoms with van der Waals surface area (Å²) in [6.45, 7) is 2.31. The molecule has 1 fully saturated rings. The molecule has 0 aliphatic carbocycles. The molecule has 1 amide bonds. The lowest BCUT2D eigenvalue weighted by Gasteiger charge is -2.34. The third-order valence-corrected chi connectivity index (χ3v) is 3.99. The molecule has 1 atom stereocenters. The van der Waals surface area contributed by atoms with Gasteiger partial charge in [-0.2, -0.15) is 0 Å². The van der Waals surface area contributed by atoms with E-state index in [9.17, 15) is 4.79 Å². The van der Waals surface area contributed by atoms with Crippen molar-refractivity contribution in [1.82, 2.24) is 5.32 Å². The first kappa shape index (κ1) is 15.8. The molecule has 1 aromatic rings. The van der Waals surface area contributed by atoms with E-state index in [0.29, 0.717) is 13.0 Å². The predicted octanol–water partition coefficient (Wildman–Crippen LogP) is 1.14. The lowest BCUT2D eigenvalue weighted by Crippen LogP contribution is -2.45. The number of nitrogens with one attached hydrogen (secondary N) is 1. The fourth-order valence-electron chi connectivity index (χ4n) is 2.68. The van der Waals surface area contributed by atoms with E-state index in [1.807, 2.05) is 6.07 Å². The summed E-state index contributed by atoms with van der Waals surface area (Å²) in [6, 6.07) is 10.7. The number of methoxy groups -OCH3 is 1. The number of piperidine rings is 1. The molecular formula is C16H25N3O2. The van der Waals surface area contributed by atoms with Crippen molar-refractivity contribution < 1.29 is 9.53 Å². The van der Waals surface area contributed by atoms with Gasteiger partial charge in [0, 0.05) is 38.5 Å². The van der Waals surface area contributed by atoms with Gasteiger partial charge in [0.2, 0.25) is 5.91 Å². The van der Waals surface area contributed by atoms with Gasteiger partial charge >= 0.3 is 0 Å². The number of carbonyl (C=O) groups is 1. The van der Waals surface area contributed by atoms with Crippen molar-refractivity contribution in [3.05, 3.63) is 30.3 Å². The Morgan fingerprint density at radius 3 is 2.62 bits per heavy atom. The number of rotatable bonds is 6. The Balaban J connectivity index is 1.75. The maximum atomic E-state index is 11.9. The Morgan fingerprint density at radius 2 is 2.05 bits per heavy atom. The lowest BCUT2D eigenvalue weighted by molar-refractivity contribution is -0.124. The van der Waals surface area contributed by atoms with E-state index >= 15 is 0 Å². The van der Waals surface area contributed by atoms with E-state index in [1.54, 1.807) is 7.11 Å². The van der Waals surface area contributed by atoms with Crippen molar-refractivity contribution in [1.29, 1.82) is 0 Å². The van der Waals surface area contributed by atoms with Crippen molar-refractivity contribution in [3.63, 3.8) is 0 Å². The van der Waals surface area contributed by atoms with E-state index in [1.165, 1.54) is 5.69 Å². The van der Waals surface area contributed by atoms with Gasteiger partial charge in [0.25, 0.3) is 0 Å². The Bertz CT molecular complexity index is 426. The van der Waals surface area contributed by atoms with E-state index in [0.717, 1.165) is 25.9 Å². The highest BCUT2D eigenvalue weighted by Crippen LogP contribution is 2.19. The molecule has 116 valence electrons. The number of anilines is 1. The lowest BCUT2D eigenvalue weighted by atomic mass is 10.0. The van der Waals surface area contributed by atoms with Crippen molar-refractivity contribution >= 4 is 11.6 Å². The van der Waals surface area contributed by atoms with Crippen molar-refractivity contribution in [2.45, 2.75) is 31.4 Å². The van der Waals surface area contributed by atoms with E-state index in [-0.39, 0.29) is 18.1 Å². The number of benzene rings is 1. The highest BCUT2D eigenvalue weighted by atomic mass is 16.5. The zero-order chi connectivity index (χ0) is 15.1. The van der Waals surface area contributed by atoms with Crippen molar-refractivity contribution in [2.24, 2.45) is 5.73 Å². The molecule has 1 aromatic carbocycles. The molecule has 3 N–H and O–H groups in total. The van der Waals surface area contributed by atoms with Crippen LogP contribution in [0.2, 0.25) is 0 Å². The van der Waals surface area contributed by atoms with Gasteiger partial charge in [0.1, 0.15) is 0 Å². The standard InChI is InChI=1S/C16H25N3O2/c1-21-15(12-17)11-16(20)18-13-7-9-19(10-8-13)14-5-3-2-4-6-14/h2-6,13,15H,7-12,17H2,1H3,(H,18,20). The molecule has 0 saturated carbocycles. The number of hydrogen-bond acceptors (Lipinski definition) is 4. The summed E-state index contributed by atoms with van der Waals surface area (Å²) in [6.07, 6.45) is 2.10. The zero-order valence-corrected chi connectivity index (χ0v) is 12.6. The van der Waals surface area contributed by atoms with Crippen LogP contribution >= 0.6 is 0 Å². The second-order valence-corrected chi connectivity index (χ2v) is 5.46. The summed E-state index contributed by atoms with van der Waals surface area (Å²) in [5.41, 5.74) is 6.79. The molecule has 1 aliphatic heterocycles. The third kappa shape index (κ3) is 4.72. The van der Waals surface area contributed by atoms with Crippen LogP contribution in [-0.2, 0) is 9.53 Å². The van der Waals surface area contributed by atoms with E-state index in [4.69, 9.17) is 10.5 Å². The molecule has 0 radical (unpaired) electrons. The first-order chi connectivity index (χ1) is 10.2. The minimum absolute atomic E-state index is 0.0328. The van der Waals surface area contributed by atoms with Crippen LogP contribution in [0.25, 0.3) is 0 Å². The molecule has 1 unspecified atom stereocenters. The first-order valence-electron chi connectivity index (χ1n) is 7.55. The summed E-state index contributed by atoms with van der Waals surface area (Å²) in [4.78, 5) is 14.3. The van der Waals surface area contributed by atoms with Gasteiger partial charge in [0.05, 0.1) is 12.5 Å². The molecule has 1 heterocycles. The summed E-state index contributed by atoms with van der Waals surface area (Å²) in [5, 5.41) is 3.09. The second-order valence-electron chi connectivity index (χ2n) is 5.46. The number of hydrogen-bond donors (Lipinski definition) is 2. The van der Waals surface area contributed by atoms with Crippen LogP contribution in [0.5, 0.6) is 0 Å². The normalized spacial score (nSPS) is 17.5.